The van der Waals surface area contributed by atoms with Gasteiger partial charge in [-0.25, -0.2) is 0 Å². The van der Waals surface area contributed by atoms with Crippen molar-refractivity contribution in [2.45, 2.75) is 0 Å². The van der Waals surface area contributed by atoms with Crippen molar-refractivity contribution in [1.29, 1.82) is 0 Å². The van der Waals surface area contributed by atoms with Crippen molar-refractivity contribution < 1.29 is 0 Å². The Labute approximate surface area is 286 Å². The number of aromatic amines is 1. The van der Waals surface area contributed by atoms with Gasteiger partial charge in [0.15, 0.2) is 0 Å². The van der Waals surface area contributed by atoms with Gasteiger partial charge in [-0.15, -0.1) is 11.3 Å². The average Bonchev–Trinajstić information content (AvgIpc) is 3.82. The Bertz CT molecular complexity index is 3100. The zero-order chi connectivity index (χ0) is 32.1. The molecule has 0 fully saturated rings. The minimum Gasteiger partial charge on any atom is -0.354 e. The molecule has 11 rings (SSSR count). The van der Waals surface area contributed by atoms with Crippen LogP contribution in [0.2, 0.25) is 0 Å². The Balaban J connectivity index is 1.09. The molecule has 3 heteroatoms. The molecule has 11 aromatic rings. The van der Waals surface area contributed by atoms with Crippen molar-refractivity contribution in [1.82, 2.24) is 9.55 Å². The van der Waals surface area contributed by atoms with Gasteiger partial charge in [-0.2, -0.15) is 0 Å². The number of nitrogens with one attached hydrogen (secondary N) is 1. The lowest BCUT2D eigenvalue weighted by atomic mass is 9.96. The second-order valence-corrected chi connectivity index (χ2v) is 14.1. The number of H-pyrrole nitrogens is 1. The van der Waals surface area contributed by atoms with Crippen LogP contribution < -0.4 is 0 Å². The van der Waals surface area contributed by atoms with E-state index in [1.54, 1.807) is 0 Å². The summed E-state index contributed by atoms with van der Waals surface area (Å²) >= 11 is 1.88. The first kappa shape index (κ1) is 26.9. The minimum absolute atomic E-state index is 1.16. The molecule has 0 atom stereocenters. The molecule has 0 radical (unpaired) electrons. The highest BCUT2D eigenvalue weighted by Gasteiger charge is 2.18. The van der Waals surface area contributed by atoms with E-state index in [1.807, 2.05) is 11.3 Å². The van der Waals surface area contributed by atoms with Gasteiger partial charge in [0, 0.05) is 52.9 Å². The Kier molecular flexibility index (Phi) is 5.57. The van der Waals surface area contributed by atoms with E-state index >= 15 is 0 Å². The quantitative estimate of drug-likeness (QED) is 0.198. The summed E-state index contributed by atoms with van der Waals surface area (Å²) in [6.45, 7) is 0. The Morgan fingerprint density at radius 1 is 0.408 bits per heavy atom. The molecule has 49 heavy (non-hydrogen) atoms. The summed E-state index contributed by atoms with van der Waals surface area (Å²) in [7, 11) is 0. The normalized spacial score (nSPS) is 12.1. The number of aromatic nitrogens is 2. The molecule has 228 valence electrons. The summed E-state index contributed by atoms with van der Waals surface area (Å²) in [6, 6.07) is 60.1. The number of benzene rings is 8. The summed E-state index contributed by atoms with van der Waals surface area (Å²) in [5.41, 5.74) is 11.0. The fourth-order valence-corrected chi connectivity index (χ4v) is 9.11. The molecule has 0 aliphatic rings. The number of thiophene rings is 1. The van der Waals surface area contributed by atoms with E-state index in [-0.39, 0.29) is 0 Å². The van der Waals surface area contributed by atoms with Crippen LogP contribution >= 0.6 is 11.3 Å². The molecule has 0 saturated heterocycles. The zero-order valence-electron chi connectivity index (χ0n) is 26.4. The Hall–Kier alpha value is -6.16. The van der Waals surface area contributed by atoms with Crippen LogP contribution in [-0.4, -0.2) is 9.55 Å². The molecule has 0 aliphatic carbocycles. The van der Waals surface area contributed by atoms with Crippen molar-refractivity contribution >= 4 is 85.9 Å². The van der Waals surface area contributed by atoms with E-state index in [0.717, 1.165) is 5.52 Å². The number of para-hydroxylation sites is 2. The lowest BCUT2D eigenvalue weighted by molar-refractivity contribution is 1.18. The third kappa shape index (κ3) is 4.00. The van der Waals surface area contributed by atoms with Crippen molar-refractivity contribution in [3.8, 4) is 27.9 Å². The minimum atomic E-state index is 1.16. The van der Waals surface area contributed by atoms with Gasteiger partial charge in [0.2, 0.25) is 0 Å². The molecular formula is C46H28N2S. The molecule has 3 aromatic heterocycles. The van der Waals surface area contributed by atoms with Crippen LogP contribution in [0.15, 0.2) is 164 Å². The van der Waals surface area contributed by atoms with Crippen molar-refractivity contribution in [3.63, 3.8) is 0 Å². The van der Waals surface area contributed by atoms with E-state index in [0.29, 0.717) is 0 Å². The van der Waals surface area contributed by atoms with Gasteiger partial charge in [0.05, 0.1) is 16.6 Å². The second kappa shape index (κ2) is 10.2. The fourth-order valence-electron chi connectivity index (χ4n) is 7.98. The molecule has 0 spiro atoms. The summed E-state index contributed by atoms with van der Waals surface area (Å²) in [4.78, 5) is 3.85. The second-order valence-electron chi connectivity index (χ2n) is 13.0. The first-order valence-corrected chi connectivity index (χ1v) is 17.6. The van der Waals surface area contributed by atoms with Gasteiger partial charge >= 0.3 is 0 Å². The Morgan fingerprint density at radius 3 is 2.06 bits per heavy atom. The average molecular weight is 641 g/mol. The molecule has 0 unspecified atom stereocenters. The molecule has 2 nitrogen and oxygen atoms in total. The fraction of sp³-hybridized carbons (Fsp3) is 0. The van der Waals surface area contributed by atoms with Crippen molar-refractivity contribution in [3.05, 3.63) is 164 Å². The van der Waals surface area contributed by atoms with Crippen molar-refractivity contribution in [2.75, 3.05) is 0 Å². The van der Waals surface area contributed by atoms with Gasteiger partial charge in [-0.05, 0) is 93.7 Å². The molecule has 1 N–H and O–H groups in total. The maximum absolute atomic E-state index is 3.85. The van der Waals surface area contributed by atoms with Gasteiger partial charge in [0.25, 0.3) is 0 Å². The van der Waals surface area contributed by atoms with Gasteiger partial charge < -0.3 is 9.55 Å². The van der Waals surface area contributed by atoms with Crippen LogP contribution in [0.3, 0.4) is 0 Å². The number of hydrogen-bond donors (Lipinski definition) is 1. The number of hydrogen-bond acceptors (Lipinski definition) is 1. The van der Waals surface area contributed by atoms with Crippen LogP contribution in [0.1, 0.15) is 0 Å². The summed E-state index contributed by atoms with van der Waals surface area (Å²) in [5, 5.41) is 10.2. The number of nitrogens with zero attached hydrogens (tertiary/aromatic N) is 1. The van der Waals surface area contributed by atoms with E-state index in [2.05, 4.69) is 173 Å². The molecule has 8 aromatic carbocycles. The first-order valence-electron chi connectivity index (χ1n) is 16.8. The maximum atomic E-state index is 3.85. The van der Waals surface area contributed by atoms with E-state index in [4.69, 9.17) is 0 Å². The Morgan fingerprint density at radius 2 is 1.16 bits per heavy atom. The smallest absolute Gasteiger partial charge is 0.0559 e. The van der Waals surface area contributed by atoms with Crippen LogP contribution in [0.4, 0.5) is 0 Å². The first-order chi connectivity index (χ1) is 24.3. The standard InChI is InChI=1S/C46H28N2S/c1-2-13-34(14-3-1)48-41-16-7-6-15-35(41)38-26-39-44(27-42(38)48)49-43-22-20-36-37-25-33(19-21-40(37)47-46(36)45(39)43)31-12-8-11-30(24-31)32-18-17-28-9-4-5-10-29(28)23-32/h1-27,47H. The maximum Gasteiger partial charge on any atom is 0.0559 e. The van der Waals surface area contributed by atoms with Crippen molar-refractivity contribution in [2.24, 2.45) is 0 Å². The lowest BCUT2D eigenvalue weighted by Gasteiger charge is -2.08. The predicted molar refractivity (Wildman–Crippen MR) is 211 cm³/mol. The van der Waals surface area contributed by atoms with Crippen LogP contribution in [-0.2, 0) is 0 Å². The van der Waals surface area contributed by atoms with E-state index in [9.17, 15) is 0 Å². The molecule has 0 aliphatic heterocycles. The zero-order valence-corrected chi connectivity index (χ0v) is 27.3. The third-order valence-electron chi connectivity index (χ3n) is 10.3. The molecule has 0 saturated carbocycles. The number of rotatable bonds is 3. The predicted octanol–water partition coefficient (Wildman–Crippen LogP) is 13.3. The highest BCUT2D eigenvalue weighted by Crippen LogP contribution is 2.44. The van der Waals surface area contributed by atoms with E-state index < -0.39 is 0 Å². The summed E-state index contributed by atoms with van der Waals surface area (Å²) < 4.78 is 5.02. The number of fused-ring (bicyclic) bond motifs is 11. The van der Waals surface area contributed by atoms with Crippen LogP contribution in [0, 0.1) is 0 Å². The van der Waals surface area contributed by atoms with E-state index in [1.165, 1.54) is 97.0 Å². The SMILES string of the molecule is c1ccc(-n2c3ccccc3c3cc4c(cc32)sc2ccc3c5cc(-c6cccc(-c7ccc8ccccc8c7)c6)ccc5[nH]c3c24)cc1. The summed E-state index contributed by atoms with van der Waals surface area (Å²) in [6.07, 6.45) is 0. The van der Waals surface area contributed by atoms with Gasteiger partial charge in [-0.3, -0.25) is 0 Å². The summed E-state index contributed by atoms with van der Waals surface area (Å²) in [5.74, 6) is 0. The lowest BCUT2D eigenvalue weighted by Crippen LogP contribution is -1.92. The molecule has 0 bridgehead atoms. The molecule has 0 amide bonds. The molecule has 3 heterocycles. The van der Waals surface area contributed by atoms with Gasteiger partial charge in [-0.1, -0.05) is 103 Å². The topological polar surface area (TPSA) is 20.7 Å². The van der Waals surface area contributed by atoms with Crippen LogP contribution in [0.25, 0.3) is 102 Å². The largest absolute Gasteiger partial charge is 0.354 e. The van der Waals surface area contributed by atoms with Gasteiger partial charge in [0.1, 0.15) is 0 Å². The monoisotopic (exact) mass is 640 g/mol. The highest BCUT2D eigenvalue weighted by molar-refractivity contribution is 7.26. The van der Waals surface area contributed by atoms with Crippen LogP contribution in [0.5, 0.6) is 0 Å². The highest BCUT2D eigenvalue weighted by atomic mass is 32.1. The third-order valence-corrected chi connectivity index (χ3v) is 11.4. The molecular weight excluding hydrogens is 613 g/mol.